The summed E-state index contributed by atoms with van der Waals surface area (Å²) in [4.78, 5) is 13.4. The number of hydrogen-bond donors (Lipinski definition) is 1. The second-order valence-corrected chi connectivity index (χ2v) is 4.37. The van der Waals surface area contributed by atoms with Crippen LogP contribution in [0.2, 0.25) is 0 Å². The molecule has 2 heterocycles. The summed E-state index contributed by atoms with van der Waals surface area (Å²) in [5.74, 6) is 0.158. The average Bonchev–Trinajstić information content (AvgIpc) is 2.40. The molecule has 1 unspecified atom stereocenters. The van der Waals surface area contributed by atoms with Crippen LogP contribution in [0.5, 0.6) is 0 Å². The van der Waals surface area contributed by atoms with Gasteiger partial charge >= 0.3 is 0 Å². The smallest absolute Gasteiger partial charge is 0.248 e. The van der Waals surface area contributed by atoms with Crippen molar-refractivity contribution in [2.45, 2.75) is 31.8 Å². The van der Waals surface area contributed by atoms with E-state index in [1.165, 1.54) is 12.8 Å². The minimum Gasteiger partial charge on any atom is -0.367 e. The highest BCUT2D eigenvalue weighted by Gasteiger charge is 2.21. The van der Waals surface area contributed by atoms with E-state index in [4.69, 9.17) is 4.74 Å². The Morgan fingerprint density at radius 3 is 2.93 bits per heavy atom. The molecule has 15 heavy (non-hydrogen) atoms. The summed E-state index contributed by atoms with van der Waals surface area (Å²) in [5.41, 5.74) is 0. The molecule has 86 valence electrons. The lowest BCUT2D eigenvalue weighted by atomic mass is 10.2. The van der Waals surface area contributed by atoms with Gasteiger partial charge in [-0.15, -0.1) is 0 Å². The molecule has 0 aromatic heterocycles. The standard InChI is InChI=1S/C11H20N2O2/c14-11(13-6-3-7-13)9-15-10-4-1-2-5-12-8-10/h10,12H,1-9H2. The van der Waals surface area contributed by atoms with E-state index < -0.39 is 0 Å². The van der Waals surface area contributed by atoms with Crippen LogP contribution in [0.15, 0.2) is 0 Å². The second-order valence-electron chi connectivity index (χ2n) is 4.37. The predicted molar refractivity (Wildman–Crippen MR) is 57.7 cm³/mol. The van der Waals surface area contributed by atoms with Crippen molar-refractivity contribution >= 4 is 5.91 Å². The van der Waals surface area contributed by atoms with Gasteiger partial charge in [0, 0.05) is 19.6 Å². The molecule has 1 N–H and O–H groups in total. The highest BCUT2D eigenvalue weighted by Crippen LogP contribution is 2.10. The third-order valence-electron chi connectivity index (χ3n) is 3.15. The van der Waals surface area contributed by atoms with Crippen molar-refractivity contribution in [1.82, 2.24) is 10.2 Å². The van der Waals surface area contributed by atoms with Crippen molar-refractivity contribution < 1.29 is 9.53 Å². The second kappa shape index (κ2) is 5.47. The number of hydrogen-bond acceptors (Lipinski definition) is 3. The van der Waals surface area contributed by atoms with E-state index in [-0.39, 0.29) is 18.6 Å². The van der Waals surface area contributed by atoms with Gasteiger partial charge in [-0.2, -0.15) is 0 Å². The van der Waals surface area contributed by atoms with E-state index in [1.54, 1.807) is 0 Å². The monoisotopic (exact) mass is 212 g/mol. The summed E-state index contributed by atoms with van der Waals surface area (Å²) >= 11 is 0. The SMILES string of the molecule is O=C(COC1CCCCNC1)N1CCC1. The molecular formula is C11H20N2O2. The summed E-state index contributed by atoms with van der Waals surface area (Å²) in [6.45, 7) is 4.09. The van der Waals surface area contributed by atoms with Gasteiger partial charge in [-0.25, -0.2) is 0 Å². The Bertz CT molecular complexity index is 209. The largest absolute Gasteiger partial charge is 0.367 e. The maximum absolute atomic E-state index is 11.5. The van der Waals surface area contributed by atoms with Crippen LogP contribution in [-0.4, -0.2) is 49.7 Å². The van der Waals surface area contributed by atoms with Gasteiger partial charge in [0.25, 0.3) is 0 Å². The van der Waals surface area contributed by atoms with Crippen LogP contribution in [0.1, 0.15) is 25.7 Å². The van der Waals surface area contributed by atoms with Crippen LogP contribution in [0.4, 0.5) is 0 Å². The van der Waals surface area contributed by atoms with Gasteiger partial charge in [0.1, 0.15) is 6.61 Å². The van der Waals surface area contributed by atoms with E-state index in [0.29, 0.717) is 0 Å². The van der Waals surface area contributed by atoms with Crippen LogP contribution in [0.3, 0.4) is 0 Å². The minimum absolute atomic E-state index is 0.158. The Morgan fingerprint density at radius 2 is 2.20 bits per heavy atom. The molecule has 4 nitrogen and oxygen atoms in total. The van der Waals surface area contributed by atoms with Crippen molar-refractivity contribution in [2.24, 2.45) is 0 Å². The minimum atomic E-state index is 0.158. The molecule has 0 aromatic rings. The third-order valence-corrected chi connectivity index (χ3v) is 3.15. The number of carbonyl (C=O) groups excluding carboxylic acids is 1. The summed E-state index contributed by atoms with van der Waals surface area (Å²) in [5, 5.41) is 3.33. The van der Waals surface area contributed by atoms with Gasteiger partial charge in [-0.3, -0.25) is 4.79 Å². The number of carbonyl (C=O) groups is 1. The fourth-order valence-electron chi connectivity index (χ4n) is 1.98. The Labute approximate surface area is 91.0 Å². The van der Waals surface area contributed by atoms with E-state index in [1.807, 2.05) is 4.90 Å². The van der Waals surface area contributed by atoms with E-state index in [2.05, 4.69) is 5.32 Å². The summed E-state index contributed by atoms with van der Waals surface area (Å²) in [6.07, 6.45) is 4.89. The third kappa shape index (κ3) is 3.18. The molecule has 0 saturated carbocycles. The van der Waals surface area contributed by atoms with Crippen molar-refractivity contribution in [1.29, 1.82) is 0 Å². The number of nitrogens with zero attached hydrogens (tertiary/aromatic N) is 1. The highest BCUT2D eigenvalue weighted by atomic mass is 16.5. The molecule has 1 amide bonds. The molecule has 2 aliphatic heterocycles. The fraction of sp³-hybridized carbons (Fsp3) is 0.909. The normalized spacial score (nSPS) is 26.9. The first-order chi connectivity index (χ1) is 7.36. The van der Waals surface area contributed by atoms with Gasteiger partial charge in [-0.05, 0) is 32.2 Å². The molecule has 0 aromatic carbocycles. The van der Waals surface area contributed by atoms with Crippen molar-refractivity contribution in [3.63, 3.8) is 0 Å². The lowest BCUT2D eigenvalue weighted by Gasteiger charge is -2.31. The molecule has 1 atom stereocenters. The first-order valence-electron chi connectivity index (χ1n) is 5.96. The van der Waals surface area contributed by atoms with Crippen LogP contribution in [0, 0.1) is 0 Å². The van der Waals surface area contributed by atoms with Crippen LogP contribution >= 0.6 is 0 Å². The molecule has 2 rings (SSSR count). The topological polar surface area (TPSA) is 41.6 Å². The summed E-state index contributed by atoms with van der Waals surface area (Å²) in [7, 11) is 0. The zero-order chi connectivity index (χ0) is 10.5. The Hall–Kier alpha value is -0.610. The molecule has 4 heteroatoms. The van der Waals surface area contributed by atoms with Gasteiger partial charge in [0.2, 0.25) is 5.91 Å². The van der Waals surface area contributed by atoms with Crippen LogP contribution < -0.4 is 5.32 Å². The Morgan fingerprint density at radius 1 is 1.33 bits per heavy atom. The van der Waals surface area contributed by atoms with Crippen LogP contribution in [-0.2, 0) is 9.53 Å². The zero-order valence-electron chi connectivity index (χ0n) is 9.21. The molecule has 2 aliphatic rings. The lowest BCUT2D eigenvalue weighted by molar-refractivity contribution is -0.141. The summed E-state index contributed by atoms with van der Waals surface area (Å²) < 4.78 is 5.63. The molecule has 0 bridgehead atoms. The number of likely N-dealkylation sites (tertiary alicyclic amines) is 1. The van der Waals surface area contributed by atoms with E-state index in [9.17, 15) is 4.79 Å². The molecule has 2 fully saturated rings. The van der Waals surface area contributed by atoms with Crippen LogP contribution in [0.25, 0.3) is 0 Å². The molecule has 0 spiro atoms. The average molecular weight is 212 g/mol. The highest BCUT2D eigenvalue weighted by molar-refractivity contribution is 5.78. The maximum Gasteiger partial charge on any atom is 0.248 e. The summed E-state index contributed by atoms with van der Waals surface area (Å²) in [6, 6.07) is 0. The lowest BCUT2D eigenvalue weighted by Crippen LogP contribution is -2.44. The number of amides is 1. The Balaban J connectivity index is 1.64. The maximum atomic E-state index is 11.5. The fourth-order valence-corrected chi connectivity index (χ4v) is 1.98. The molecule has 2 saturated heterocycles. The van der Waals surface area contributed by atoms with E-state index in [0.717, 1.165) is 39.0 Å². The first-order valence-corrected chi connectivity index (χ1v) is 5.96. The number of nitrogens with one attached hydrogen (secondary N) is 1. The van der Waals surface area contributed by atoms with Crippen molar-refractivity contribution in [2.75, 3.05) is 32.8 Å². The Kier molecular flexibility index (Phi) is 3.97. The van der Waals surface area contributed by atoms with Crippen molar-refractivity contribution in [3.8, 4) is 0 Å². The number of rotatable bonds is 3. The molecular weight excluding hydrogens is 192 g/mol. The van der Waals surface area contributed by atoms with Gasteiger partial charge in [0.15, 0.2) is 0 Å². The predicted octanol–water partition coefficient (Wildman–Crippen LogP) is 0.377. The number of ether oxygens (including phenoxy) is 1. The first kappa shape index (κ1) is 10.9. The van der Waals surface area contributed by atoms with Gasteiger partial charge in [-0.1, -0.05) is 0 Å². The van der Waals surface area contributed by atoms with Crippen molar-refractivity contribution in [3.05, 3.63) is 0 Å². The van der Waals surface area contributed by atoms with E-state index >= 15 is 0 Å². The molecule has 0 aliphatic carbocycles. The zero-order valence-corrected chi connectivity index (χ0v) is 9.21. The van der Waals surface area contributed by atoms with Gasteiger partial charge < -0.3 is 15.0 Å². The quantitative estimate of drug-likeness (QED) is 0.735. The molecule has 0 radical (unpaired) electrons. The van der Waals surface area contributed by atoms with Gasteiger partial charge in [0.05, 0.1) is 6.10 Å².